The van der Waals surface area contributed by atoms with Gasteiger partial charge < -0.3 is 5.11 Å². The molecule has 0 fully saturated rings. The Balaban J connectivity index is 3.14. The van der Waals surface area contributed by atoms with E-state index in [2.05, 4.69) is 16.6 Å². The van der Waals surface area contributed by atoms with Crippen LogP contribution < -0.4 is 4.72 Å². The maximum absolute atomic E-state index is 11.4. The van der Waals surface area contributed by atoms with E-state index in [0.29, 0.717) is 5.56 Å². The highest BCUT2D eigenvalue weighted by molar-refractivity contribution is 7.89. The monoisotopic (exact) mass is 225 g/mol. The molecular weight excluding hydrogens is 214 g/mol. The Labute approximate surface area is 89.0 Å². The molecular formula is C10H11NO3S. The van der Waals surface area contributed by atoms with E-state index in [1.54, 1.807) is 12.1 Å². The molecule has 15 heavy (non-hydrogen) atoms. The van der Waals surface area contributed by atoms with E-state index in [-0.39, 0.29) is 11.5 Å². The normalized spacial score (nSPS) is 10.5. The molecule has 4 nitrogen and oxygen atoms in total. The predicted octanol–water partition coefficient (Wildman–Crippen LogP) is -0.0615. The zero-order valence-electron chi connectivity index (χ0n) is 8.19. The van der Waals surface area contributed by atoms with Crippen molar-refractivity contribution in [3.8, 4) is 11.8 Å². The summed E-state index contributed by atoms with van der Waals surface area (Å²) >= 11 is 0. The number of rotatable bonds is 2. The Bertz CT molecular complexity index is 497. The quantitative estimate of drug-likeness (QED) is 0.693. The van der Waals surface area contributed by atoms with Crippen molar-refractivity contribution >= 4 is 10.0 Å². The van der Waals surface area contributed by atoms with Crippen LogP contribution in [0.25, 0.3) is 0 Å². The molecule has 5 heteroatoms. The first kappa shape index (κ1) is 11.7. The lowest BCUT2D eigenvalue weighted by molar-refractivity contribution is 0.350. The molecule has 0 spiro atoms. The summed E-state index contributed by atoms with van der Waals surface area (Å²) in [5, 5.41) is 8.50. The van der Waals surface area contributed by atoms with Crippen LogP contribution in [0.3, 0.4) is 0 Å². The van der Waals surface area contributed by atoms with Gasteiger partial charge in [0.15, 0.2) is 0 Å². The Morgan fingerprint density at radius 2 is 2.20 bits per heavy atom. The molecule has 0 saturated heterocycles. The van der Waals surface area contributed by atoms with Crippen LogP contribution in [0.5, 0.6) is 0 Å². The lowest BCUT2D eigenvalue weighted by atomic mass is 10.2. The van der Waals surface area contributed by atoms with E-state index in [1.807, 2.05) is 0 Å². The molecule has 1 aromatic carbocycles. The topological polar surface area (TPSA) is 66.4 Å². The summed E-state index contributed by atoms with van der Waals surface area (Å²) in [6.07, 6.45) is 0. The van der Waals surface area contributed by atoms with Crippen LogP contribution in [0.2, 0.25) is 0 Å². The minimum atomic E-state index is -3.43. The second-order valence-corrected chi connectivity index (χ2v) is 4.58. The largest absolute Gasteiger partial charge is 0.384 e. The summed E-state index contributed by atoms with van der Waals surface area (Å²) in [5.74, 6) is 5.09. The second-order valence-electron chi connectivity index (χ2n) is 2.70. The van der Waals surface area contributed by atoms with Crippen molar-refractivity contribution in [2.24, 2.45) is 0 Å². The zero-order chi connectivity index (χ0) is 11.3. The summed E-state index contributed by atoms with van der Waals surface area (Å²) in [4.78, 5) is 0.162. The van der Waals surface area contributed by atoms with E-state index < -0.39 is 10.0 Å². The molecule has 80 valence electrons. The van der Waals surface area contributed by atoms with Gasteiger partial charge in [0.2, 0.25) is 10.0 Å². The fraction of sp³-hybridized carbons (Fsp3) is 0.200. The van der Waals surface area contributed by atoms with Crippen molar-refractivity contribution < 1.29 is 13.5 Å². The molecule has 0 amide bonds. The van der Waals surface area contributed by atoms with Crippen LogP contribution in [-0.4, -0.2) is 27.2 Å². The number of benzene rings is 1. The first-order valence-electron chi connectivity index (χ1n) is 4.23. The summed E-state index contributed by atoms with van der Waals surface area (Å²) in [6.45, 7) is -0.247. The number of aliphatic hydroxyl groups is 1. The minimum absolute atomic E-state index is 0.162. The van der Waals surface area contributed by atoms with Crippen LogP contribution in [-0.2, 0) is 10.0 Å². The molecule has 1 aromatic rings. The van der Waals surface area contributed by atoms with Gasteiger partial charge in [-0.2, -0.15) is 0 Å². The minimum Gasteiger partial charge on any atom is -0.384 e. The maximum Gasteiger partial charge on any atom is 0.240 e. The van der Waals surface area contributed by atoms with Gasteiger partial charge in [0.25, 0.3) is 0 Å². The van der Waals surface area contributed by atoms with Gasteiger partial charge >= 0.3 is 0 Å². The van der Waals surface area contributed by atoms with Gasteiger partial charge in [-0.25, -0.2) is 13.1 Å². The molecule has 0 aliphatic heterocycles. The summed E-state index contributed by atoms with van der Waals surface area (Å²) < 4.78 is 25.1. The fourth-order valence-electron chi connectivity index (χ4n) is 1.00. The van der Waals surface area contributed by atoms with Gasteiger partial charge in [0, 0.05) is 5.56 Å². The standard InChI is InChI=1S/C10H11NO3S/c1-11-15(13,14)10-6-2-4-9(8-10)5-3-7-12/h2,4,6,8,11-12H,7H2,1H3. The average molecular weight is 225 g/mol. The second kappa shape index (κ2) is 4.94. The molecule has 0 unspecified atom stereocenters. The van der Waals surface area contributed by atoms with Crippen LogP contribution in [0.4, 0.5) is 0 Å². The SMILES string of the molecule is CNS(=O)(=O)c1cccc(C#CCO)c1. The number of sulfonamides is 1. The van der Waals surface area contributed by atoms with E-state index >= 15 is 0 Å². The Hall–Kier alpha value is -1.35. The first-order valence-corrected chi connectivity index (χ1v) is 5.72. The highest BCUT2D eigenvalue weighted by Gasteiger charge is 2.10. The highest BCUT2D eigenvalue weighted by Crippen LogP contribution is 2.09. The summed E-state index contributed by atoms with van der Waals surface area (Å²) in [6, 6.07) is 6.22. The van der Waals surface area contributed by atoms with E-state index in [9.17, 15) is 8.42 Å². The third kappa shape index (κ3) is 3.06. The van der Waals surface area contributed by atoms with E-state index in [4.69, 9.17) is 5.11 Å². The van der Waals surface area contributed by atoms with Crippen LogP contribution in [0.15, 0.2) is 29.2 Å². The Kier molecular flexibility index (Phi) is 3.86. The van der Waals surface area contributed by atoms with Crippen molar-refractivity contribution in [3.63, 3.8) is 0 Å². The number of hydrogen-bond donors (Lipinski definition) is 2. The van der Waals surface area contributed by atoms with E-state index in [0.717, 1.165) is 0 Å². The van der Waals surface area contributed by atoms with Gasteiger partial charge in [-0.3, -0.25) is 0 Å². The number of aliphatic hydroxyl groups excluding tert-OH is 1. The third-order valence-electron chi connectivity index (χ3n) is 1.72. The van der Waals surface area contributed by atoms with Gasteiger partial charge in [-0.1, -0.05) is 17.9 Å². The molecule has 0 aromatic heterocycles. The predicted molar refractivity (Wildman–Crippen MR) is 56.7 cm³/mol. The lowest BCUT2D eigenvalue weighted by Crippen LogP contribution is -2.18. The molecule has 0 aliphatic carbocycles. The summed E-state index contributed by atoms with van der Waals surface area (Å²) in [5.41, 5.74) is 0.556. The Morgan fingerprint density at radius 3 is 2.80 bits per heavy atom. The van der Waals surface area contributed by atoms with Crippen LogP contribution in [0, 0.1) is 11.8 Å². The van der Waals surface area contributed by atoms with Gasteiger partial charge in [-0.15, -0.1) is 0 Å². The number of nitrogens with one attached hydrogen (secondary N) is 1. The molecule has 0 aliphatic rings. The number of hydrogen-bond acceptors (Lipinski definition) is 3. The highest BCUT2D eigenvalue weighted by atomic mass is 32.2. The van der Waals surface area contributed by atoms with Gasteiger partial charge in [0.1, 0.15) is 6.61 Å². The molecule has 0 atom stereocenters. The average Bonchev–Trinajstić information content (AvgIpc) is 2.27. The Morgan fingerprint density at radius 1 is 1.47 bits per heavy atom. The molecule has 2 N–H and O–H groups in total. The smallest absolute Gasteiger partial charge is 0.240 e. The van der Waals surface area contributed by atoms with E-state index in [1.165, 1.54) is 19.2 Å². The lowest BCUT2D eigenvalue weighted by Gasteiger charge is -2.01. The van der Waals surface area contributed by atoms with Crippen molar-refractivity contribution in [1.29, 1.82) is 0 Å². The summed E-state index contributed by atoms with van der Waals surface area (Å²) in [7, 11) is -2.08. The molecule has 0 saturated carbocycles. The van der Waals surface area contributed by atoms with Crippen molar-refractivity contribution in [1.82, 2.24) is 4.72 Å². The van der Waals surface area contributed by atoms with Crippen LogP contribution >= 0.6 is 0 Å². The van der Waals surface area contributed by atoms with Gasteiger partial charge in [-0.05, 0) is 25.2 Å². The fourth-order valence-corrected chi connectivity index (χ4v) is 1.78. The molecule has 1 rings (SSSR count). The zero-order valence-corrected chi connectivity index (χ0v) is 9.00. The third-order valence-corrected chi connectivity index (χ3v) is 3.14. The van der Waals surface area contributed by atoms with Crippen molar-refractivity contribution in [2.45, 2.75) is 4.90 Å². The molecule has 0 radical (unpaired) electrons. The first-order chi connectivity index (χ1) is 7.10. The van der Waals surface area contributed by atoms with Crippen molar-refractivity contribution in [3.05, 3.63) is 29.8 Å². The van der Waals surface area contributed by atoms with Gasteiger partial charge in [0.05, 0.1) is 4.90 Å². The maximum atomic E-state index is 11.4. The molecule has 0 heterocycles. The molecule has 0 bridgehead atoms. The van der Waals surface area contributed by atoms with Crippen molar-refractivity contribution in [2.75, 3.05) is 13.7 Å². The van der Waals surface area contributed by atoms with Crippen LogP contribution in [0.1, 0.15) is 5.56 Å².